The molecule has 2 aromatic carbocycles. The molecule has 1 atom stereocenters. The number of benzene rings is 2. The Kier molecular flexibility index (Phi) is 4.61. The van der Waals surface area contributed by atoms with Gasteiger partial charge in [0.2, 0.25) is 10.0 Å². The van der Waals surface area contributed by atoms with Crippen LogP contribution < -0.4 is 10.2 Å². The lowest BCUT2D eigenvalue weighted by atomic mass is 10.1. The number of fused-ring (bicyclic) bond motifs is 1. The van der Waals surface area contributed by atoms with Crippen molar-refractivity contribution in [2.45, 2.75) is 23.8 Å². The minimum Gasteiger partial charge on any atom is -0.369 e. The maximum atomic E-state index is 13.0. The molecule has 3 heterocycles. The highest BCUT2D eigenvalue weighted by Crippen LogP contribution is 2.37. The molecule has 156 valence electrons. The van der Waals surface area contributed by atoms with Crippen molar-refractivity contribution in [1.29, 1.82) is 0 Å². The molecule has 2 fully saturated rings. The van der Waals surface area contributed by atoms with E-state index in [2.05, 4.69) is 27.3 Å². The van der Waals surface area contributed by atoms with Crippen LogP contribution in [0.3, 0.4) is 0 Å². The van der Waals surface area contributed by atoms with E-state index in [1.54, 1.807) is 10.4 Å². The lowest BCUT2D eigenvalue weighted by Gasteiger charge is -2.30. The molecule has 2 aliphatic rings. The Balaban J connectivity index is 0.00000136. The van der Waals surface area contributed by atoms with Crippen molar-refractivity contribution in [1.82, 2.24) is 14.6 Å². The van der Waals surface area contributed by atoms with Gasteiger partial charge in [-0.25, -0.2) is 8.42 Å². The molecule has 29 heavy (non-hydrogen) atoms. The normalized spacial score (nSPS) is 20.3. The number of para-hydroxylation sites is 1. The van der Waals surface area contributed by atoms with Crippen LogP contribution in [-0.4, -0.2) is 57.0 Å². The molecular weight excluding hydrogens is 384 g/mol. The van der Waals surface area contributed by atoms with Crippen LogP contribution in [0.1, 0.15) is 15.7 Å². The standard InChI is InChI=1S/C22H26N4O2S.2H2/c1-23-17-9-12-25(15-17)22-8-7-18(29(27,28)26-10-4-11-26)14-19(22)21-13-16-5-2-3-6-20(16)24-21;;/h2-3,5-8,13-14,17,23-24H,4,9-12,15H2,1H3;2*1H. The van der Waals surface area contributed by atoms with Crippen LogP contribution in [0.25, 0.3) is 22.2 Å². The SMILES string of the molecule is CNC1CCN(c2ccc(S(=O)(=O)N3CCC3)cc2-c2cc3ccccc3[nH]2)C1.[HH].[HH]. The summed E-state index contributed by atoms with van der Waals surface area (Å²) in [4.78, 5) is 6.21. The molecule has 6 nitrogen and oxygen atoms in total. The smallest absolute Gasteiger partial charge is 0.243 e. The minimum atomic E-state index is -3.43. The van der Waals surface area contributed by atoms with E-state index in [0.29, 0.717) is 24.0 Å². The Morgan fingerprint density at radius 1 is 1.10 bits per heavy atom. The first kappa shape index (κ1) is 18.7. The second-order valence-electron chi connectivity index (χ2n) is 7.93. The molecule has 3 aromatic rings. The minimum absolute atomic E-state index is 0. The van der Waals surface area contributed by atoms with Crippen LogP contribution in [0.4, 0.5) is 5.69 Å². The average molecular weight is 415 g/mol. The molecule has 2 saturated heterocycles. The molecule has 0 spiro atoms. The van der Waals surface area contributed by atoms with Gasteiger partial charge in [0, 0.05) is 62.9 Å². The van der Waals surface area contributed by atoms with Crippen LogP contribution in [0.2, 0.25) is 0 Å². The Labute approximate surface area is 174 Å². The van der Waals surface area contributed by atoms with Gasteiger partial charge >= 0.3 is 0 Å². The molecule has 2 aliphatic heterocycles. The Hall–Kier alpha value is -2.35. The van der Waals surface area contributed by atoms with Crippen molar-refractivity contribution in [3.8, 4) is 11.3 Å². The lowest BCUT2D eigenvalue weighted by molar-refractivity contribution is 0.309. The first-order valence-corrected chi connectivity index (χ1v) is 11.6. The highest BCUT2D eigenvalue weighted by atomic mass is 32.2. The summed E-state index contributed by atoms with van der Waals surface area (Å²) in [6.07, 6.45) is 2.02. The molecule has 0 saturated carbocycles. The van der Waals surface area contributed by atoms with Crippen molar-refractivity contribution >= 4 is 26.6 Å². The van der Waals surface area contributed by atoms with E-state index in [4.69, 9.17) is 0 Å². The van der Waals surface area contributed by atoms with E-state index in [1.807, 2.05) is 37.4 Å². The third kappa shape index (κ3) is 3.23. The lowest BCUT2D eigenvalue weighted by Crippen LogP contribution is -2.41. The van der Waals surface area contributed by atoms with Crippen molar-refractivity contribution in [3.63, 3.8) is 0 Å². The van der Waals surface area contributed by atoms with Gasteiger partial charge in [-0.15, -0.1) is 0 Å². The second kappa shape index (κ2) is 7.16. The van der Waals surface area contributed by atoms with Gasteiger partial charge in [-0.1, -0.05) is 18.2 Å². The van der Waals surface area contributed by atoms with Gasteiger partial charge < -0.3 is 15.2 Å². The molecule has 7 heteroatoms. The van der Waals surface area contributed by atoms with Crippen LogP contribution >= 0.6 is 0 Å². The zero-order valence-electron chi connectivity index (χ0n) is 16.6. The highest BCUT2D eigenvalue weighted by Gasteiger charge is 2.31. The molecule has 0 bridgehead atoms. The molecule has 2 N–H and O–H groups in total. The highest BCUT2D eigenvalue weighted by molar-refractivity contribution is 7.89. The van der Waals surface area contributed by atoms with Crippen LogP contribution in [0.15, 0.2) is 53.4 Å². The van der Waals surface area contributed by atoms with Gasteiger partial charge in [-0.2, -0.15) is 4.31 Å². The Morgan fingerprint density at radius 2 is 1.93 bits per heavy atom. The maximum Gasteiger partial charge on any atom is 0.243 e. The summed E-state index contributed by atoms with van der Waals surface area (Å²) in [7, 11) is -1.43. The van der Waals surface area contributed by atoms with E-state index < -0.39 is 10.0 Å². The van der Waals surface area contributed by atoms with Gasteiger partial charge in [0.1, 0.15) is 0 Å². The summed E-state index contributed by atoms with van der Waals surface area (Å²) in [5.41, 5.74) is 4.03. The third-order valence-corrected chi connectivity index (χ3v) is 8.07. The molecule has 0 aliphatic carbocycles. The van der Waals surface area contributed by atoms with Crippen molar-refractivity contribution in [2.24, 2.45) is 0 Å². The molecule has 1 aromatic heterocycles. The number of likely N-dealkylation sites (N-methyl/N-ethyl adjacent to an activating group) is 1. The van der Waals surface area contributed by atoms with Crippen molar-refractivity contribution in [3.05, 3.63) is 48.5 Å². The molecule has 1 unspecified atom stereocenters. The maximum absolute atomic E-state index is 13.0. The zero-order chi connectivity index (χ0) is 20.0. The number of sulfonamides is 1. The number of nitrogens with one attached hydrogen (secondary N) is 2. The second-order valence-corrected chi connectivity index (χ2v) is 9.87. The van der Waals surface area contributed by atoms with E-state index in [0.717, 1.165) is 53.8 Å². The Morgan fingerprint density at radius 3 is 2.62 bits per heavy atom. The fraction of sp³-hybridized carbons (Fsp3) is 0.364. The number of nitrogens with zero attached hydrogens (tertiary/aromatic N) is 2. The van der Waals surface area contributed by atoms with E-state index in [1.165, 1.54) is 0 Å². The molecule has 5 rings (SSSR count). The first-order chi connectivity index (χ1) is 14.1. The molecule has 0 radical (unpaired) electrons. The third-order valence-electron chi connectivity index (χ3n) is 6.18. The summed E-state index contributed by atoms with van der Waals surface area (Å²) in [6.45, 7) is 3.10. The van der Waals surface area contributed by atoms with Crippen molar-refractivity contribution in [2.75, 3.05) is 38.1 Å². The van der Waals surface area contributed by atoms with Crippen LogP contribution in [-0.2, 0) is 10.0 Å². The number of aromatic amines is 1. The van der Waals surface area contributed by atoms with Crippen LogP contribution in [0, 0.1) is 0 Å². The fourth-order valence-electron chi connectivity index (χ4n) is 4.28. The zero-order valence-corrected chi connectivity index (χ0v) is 17.4. The summed E-state index contributed by atoms with van der Waals surface area (Å²) in [5, 5.41) is 4.48. The average Bonchev–Trinajstić information content (AvgIpc) is 3.32. The monoisotopic (exact) mass is 414 g/mol. The number of rotatable bonds is 5. The van der Waals surface area contributed by atoms with E-state index in [-0.39, 0.29) is 2.85 Å². The summed E-state index contributed by atoms with van der Waals surface area (Å²) in [6, 6.07) is 16.3. The molecule has 0 amide bonds. The number of anilines is 1. The number of hydrogen-bond acceptors (Lipinski definition) is 4. The van der Waals surface area contributed by atoms with Gasteiger partial charge in [0.15, 0.2) is 0 Å². The van der Waals surface area contributed by atoms with Gasteiger partial charge in [0.25, 0.3) is 0 Å². The summed E-state index contributed by atoms with van der Waals surface area (Å²) < 4.78 is 27.5. The fourth-order valence-corrected chi connectivity index (χ4v) is 5.82. The quantitative estimate of drug-likeness (QED) is 0.670. The summed E-state index contributed by atoms with van der Waals surface area (Å²) >= 11 is 0. The molecular formula is C22H30N4O2S. The topological polar surface area (TPSA) is 68.4 Å². The largest absolute Gasteiger partial charge is 0.369 e. The van der Waals surface area contributed by atoms with Crippen molar-refractivity contribution < 1.29 is 11.3 Å². The Bertz CT molecular complexity index is 1130. The van der Waals surface area contributed by atoms with E-state index in [9.17, 15) is 8.42 Å². The van der Waals surface area contributed by atoms with Gasteiger partial charge in [-0.3, -0.25) is 0 Å². The number of H-pyrrole nitrogens is 1. The van der Waals surface area contributed by atoms with Gasteiger partial charge in [0.05, 0.1) is 4.90 Å². The summed E-state index contributed by atoms with van der Waals surface area (Å²) in [5.74, 6) is 0. The number of aromatic nitrogens is 1. The number of hydrogen-bond donors (Lipinski definition) is 2. The van der Waals surface area contributed by atoms with Crippen LogP contribution in [0.5, 0.6) is 0 Å². The van der Waals surface area contributed by atoms with Gasteiger partial charge in [-0.05, 0) is 50.2 Å². The van der Waals surface area contributed by atoms with E-state index >= 15 is 0 Å². The predicted molar refractivity (Wildman–Crippen MR) is 121 cm³/mol. The first-order valence-electron chi connectivity index (χ1n) is 10.2. The predicted octanol–water partition coefficient (Wildman–Crippen LogP) is 3.52.